The molecule has 0 amide bonds. The van der Waals surface area contributed by atoms with E-state index in [0.717, 1.165) is 0 Å². The SMILES string of the molecule is CC[N+](CC)(CC)CCCc1ccc2cc(CCC[N+](CC)(CC)CC)ccc2c1. The molecule has 0 aliphatic carbocycles. The first kappa shape index (κ1) is 24.9. The highest BCUT2D eigenvalue weighted by atomic mass is 15.3. The van der Waals surface area contributed by atoms with Crippen LogP contribution in [0.1, 0.15) is 65.5 Å². The third kappa shape index (κ3) is 6.31. The highest BCUT2D eigenvalue weighted by Gasteiger charge is 2.20. The minimum atomic E-state index is 1.20. The second-order valence-electron chi connectivity index (χ2n) is 9.25. The molecule has 2 heteroatoms. The molecule has 30 heavy (non-hydrogen) atoms. The van der Waals surface area contributed by atoms with E-state index in [1.165, 1.54) is 109 Å². The van der Waals surface area contributed by atoms with Gasteiger partial charge < -0.3 is 8.97 Å². The Morgan fingerprint density at radius 1 is 0.500 bits per heavy atom. The Kier molecular flexibility index (Phi) is 9.84. The summed E-state index contributed by atoms with van der Waals surface area (Å²) in [5.74, 6) is 0. The highest BCUT2D eigenvalue weighted by Crippen LogP contribution is 2.21. The minimum Gasteiger partial charge on any atom is -0.324 e. The van der Waals surface area contributed by atoms with E-state index in [1.54, 1.807) is 0 Å². The first-order chi connectivity index (χ1) is 14.5. The van der Waals surface area contributed by atoms with Gasteiger partial charge in [-0.1, -0.05) is 36.4 Å². The summed E-state index contributed by atoms with van der Waals surface area (Å²) >= 11 is 0. The van der Waals surface area contributed by atoms with Crippen molar-refractivity contribution >= 4 is 10.8 Å². The van der Waals surface area contributed by atoms with Gasteiger partial charge in [0.25, 0.3) is 0 Å². The molecule has 2 rings (SSSR count). The maximum absolute atomic E-state index is 2.42. The van der Waals surface area contributed by atoms with Crippen molar-refractivity contribution in [2.45, 2.75) is 67.2 Å². The van der Waals surface area contributed by atoms with E-state index in [0.29, 0.717) is 0 Å². The number of nitrogens with zero attached hydrogens (tertiary/aromatic N) is 2. The molecule has 0 radical (unpaired) electrons. The monoisotopic (exact) mass is 412 g/mol. The minimum absolute atomic E-state index is 1.20. The fourth-order valence-electron chi connectivity index (χ4n) is 5.18. The molecule has 2 aromatic rings. The Hall–Kier alpha value is -1.38. The Balaban J connectivity index is 1.96. The van der Waals surface area contributed by atoms with Gasteiger partial charge in [-0.15, -0.1) is 0 Å². The molecular weight excluding hydrogens is 364 g/mol. The third-order valence-corrected chi connectivity index (χ3v) is 8.19. The van der Waals surface area contributed by atoms with Gasteiger partial charge in [-0.05, 0) is 76.3 Å². The maximum Gasteiger partial charge on any atom is 0.0789 e. The normalized spacial score (nSPS) is 12.6. The van der Waals surface area contributed by atoms with E-state index in [2.05, 4.69) is 77.9 Å². The van der Waals surface area contributed by atoms with Crippen molar-refractivity contribution in [2.75, 3.05) is 52.4 Å². The molecule has 0 aliphatic heterocycles. The van der Waals surface area contributed by atoms with Crippen molar-refractivity contribution in [3.8, 4) is 0 Å². The van der Waals surface area contributed by atoms with Crippen LogP contribution < -0.4 is 0 Å². The number of aryl methyl sites for hydroxylation is 2. The molecule has 0 atom stereocenters. The lowest BCUT2D eigenvalue weighted by atomic mass is 10.00. The molecule has 0 unspecified atom stereocenters. The van der Waals surface area contributed by atoms with Crippen LogP contribution in [0.15, 0.2) is 36.4 Å². The highest BCUT2D eigenvalue weighted by molar-refractivity contribution is 5.83. The van der Waals surface area contributed by atoms with E-state index in [4.69, 9.17) is 0 Å². The lowest BCUT2D eigenvalue weighted by Crippen LogP contribution is -2.48. The van der Waals surface area contributed by atoms with Crippen LogP contribution in [0.25, 0.3) is 10.8 Å². The zero-order chi connectivity index (χ0) is 22.0. The summed E-state index contributed by atoms with van der Waals surface area (Å²) in [5, 5.41) is 2.80. The molecule has 0 bridgehead atoms. The van der Waals surface area contributed by atoms with Gasteiger partial charge in [0.1, 0.15) is 0 Å². The van der Waals surface area contributed by atoms with Gasteiger partial charge >= 0.3 is 0 Å². The summed E-state index contributed by atoms with van der Waals surface area (Å²) in [4.78, 5) is 0. The number of hydrogen-bond acceptors (Lipinski definition) is 0. The average molecular weight is 413 g/mol. The van der Waals surface area contributed by atoms with Crippen molar-refractivity contribution in [1.82, 2.24) is 0 Å². The standard InChI is InChI=1S/C28H48N2/c1-7-29(8-2,9-3)21-13-15-25-17-19-28-24-26(18-20-27(28)23-25)16-14-22-30(10-4,11-5)12-6/h17-20,23-24H,7-16,21-22H2,1-6H3/q+2. The van der Waals surface area contributed by atoms with Gasteiger partial charge in [-0.3, -0.25) is 0 Å². The summed E-state index contributed by atoms with van der Waals surface area (Å²) in [6.07, 6.45) is 4.96. The largest absolute Gasteiger partial charge is 0.324 e. The fraction of sp³-hybridized carbons (Fsp3) is 0.643. The van der Waals surface area contributed by atoms with Crippen LogP contribution >= 0.6 is 0 Å². The maximum atomic E-state index is 2.42. The average Bonchev–Trinajstić information content (AvgIpc) is 2.80. The quantitative estimate of drug-likeness (QED) is 0.312. The zero-order valence-electron chi connectivity index (χ0n) is 20.8. The number of quaternary nitrogens is 2. The van der Waals surface area contributed by atoms with Crippen LogP contribution in [0.3, 0.4) is 0 Å². The second kappa shape index (κ2) is 11.9. The van der Waals surface area contributed by atoms with Gasteiger partial charge in [-0.25, -0.2) is 0 Å². The van der Waals surface area contributed by atoms with E-state index in [1.807, 2.05) is 0 Å². The molecule has 0 fully saturated rings. The molecule has 2 aromatic carbocycles. The molecule has 0 aliphatic rings. The first-order valence-corrected chi connectivity index (χ1v) is 12.7. The fourth-order valence-corrected chi connectivity index (χ4v) is 5.18. The number of rotatable bonds is 14. The first-order valence-electron chi connectivity index (χ1n) is 12.7. The predicted molar refractivity (Wildman–Crippen MR) is 134 cm³/mol. The topological polar surface area (TPSA) is 0 Å². The number of benzene rings is 2. The molecule has 0 spiro atoms. The van der Waals surface area contributed by atoms with Crippen molar-refractivity contribution in [2.24, 2.45) is 0 Å². The van der Waals surface area contributed by atoms with Crippen molar-refractivity contribution in [3.05, 3.63) is 47.5 Å². The lowest BCUT2D eigenvalue weighted by Gasteiger charge is -2.36. The van der Waals surface area contributed by atoms with Gasteiger partial charge in [0, 0.05) is 12.8 Å². The Morgan fingerprint density at radius 3 is 1.13 bits per heavy atom. The summed E-state index contributed by atoms with van der Waals surface area (Å²) in [5.41, 5.74) is 2.99. The van der Waals surface area contributed by atoms with Crippen LogP contribution in [0.4, 0.5) is 0 Å². The third-order valence-electron chi connectivity index (χ3n) is 8.19. The van der Waals surface area contributed by atoms with Crippen LogP contribution in [0.2, 0.25) is 0 Å². The van der Waals surface area contributed by atoms with Crippen molar-refractivity contribution < 1.29 is 8.97 Å². The van der Waals surface area contributed by atoms with Crippen LogP contribution in [-0.2, 0) is 12.8 Å². The molecule has 0 N–H and O–H groups in total. The molecular formula is C28H48N2+2. The smallest absolute Gasteiger partial charge is 0.0789 e. The summed E-state index contributed by atoms with van der Waals surface area (Å²) in [6, 6.07) is 14.3. The van der Waals surface area contributed by atoms with Crippen LogP contribution in [-0.4, -0.2) is 61.3 Å². The van der Waals surface area contributed by atoms with E-state index >= 15 is 0 Å². The molecule has 2 nitrogen and oxygen atoms in total. The van der Waals surface area contributed by atoms with Crippen molar-refractivity contribution in [1.29, 1.82) is 0 Å². The molecule has 168 valence electrons. The Labute approximate surface area is 187 Å². The van der Waals surface area contributed by atoms with Gasteiger partial charge in [0.05, 0.1) is 52.4 Å². The Morgan fingerprint density at radius 2 is 0.833 bits per heavy atom. The summed E-state index contributed by atoms with van der Waals surface area (Å²) in [6.45, 7) is 24.2. The molecule has 0 saturated heterocycles. The number of hydrogen-bond donors (Lipinski definition) is 0. The predicted octanol–water partition coefficient (Wildman–Crippen LogP) is 6.46. The van der Waals surface area contributed by atoms with Crippen LogP contribution in [0.5, 0.6) is 0 Å². The van der Waals surface area contributed by atoms with Gasteiger partial charge in [0.15, 0.2) is 0 Å². The van der Waals surface area contributed by atoms with Crippen molar-refractivity contribution in [3.63, 3.8) is 0 Å². The van der Waals surface area contributed by atoms with Gasteiger partial charge in [0.2, 0.25) is 0 Å². The van der Waals surface area contributed by atoms with Gasteiger partial charge in [-0.2, -0.15) is 0 Å². The lowest BCUT2D eigenvalue weighted by molar-refractivity contribution is -0.923. The van der Waals surface area contributed by atoms with E-state index in [9.17, 15) is 0 Å². The van der Waals surface area contributed by atoms with E-state index < -0.39 is 0 Å². The van der Waals surface area contributed by atoms with Crippen LogP contribution in [0, 0.1) is 0 Å². The summed E-state index contributed by atoms with van der Waals surface area (Å²) < 4.78 is 2.51. The molecule has 0 heterocycles. The van der Waals surface area contributed by atoms with E-state index in [-0.39, 0.29) is 0 Å². The Bertz CT molecular complexity index is 675. The summed E-state index contributed by atoms with van der Waals surface area (Å²) in [7, 11) is 0. The second-order valence-corrected chi connectivity index (χ2v) is 9.25. The molecule has 0 saturated carbocycles. The zero-order valence-corrected chi connectivity index (χ0v) is 20.8. The number of fused-ring (bicyclic) bond motifs is 1. The molecule has 0 aromatic heterocycles.